The molecule has 30 heavy (non-hydrogen) atoms. The van der Waals surface area contributed by atoms with E-state index in [1.54, 1.807) is 28.8 Å². The Morgan fingerprint density at radius 2 is 1.73 bits per heavy atom. The zero-order valence-corrected chi connectivity index (χ0v) is 17.4. The first-order chi connectivity index (χ1) is 14.6. The number of aryl methyl sites for hydroxylation is 1. The van der Waals surface area contributed by atoms with E-state index in [-0.39, 0.29) is 5.56 Å². The van der Waals surface area contributed by atoms with E-state index in [0.29, 0.717) is 16.4 Å². The van der Waals surface area contributed by atoms with Crippen molar-refractivity contribution in [3.8, 4) is 28.6 Å². The summed E-state index contributed by atoms with van der Waals surface area (Å²) in [6.07, 6.45) is 4.96. The van der Waals surface area contributed by atoms with Gasteiger partial charge in [-0.15, -0.1) is 0 Å². The molecule has 0 spiro atoms. The van der Waals surface area contributed by atoms with E-state index in [0.717, 1.165) is 48.3 Å². The Morgan fingerprint density at radius 3 is 2.40 bits per heavy atom. The third-order valence-electron chi connectivity index (χ3n) is 5.15. The quantitative estimate of drug-likeness (QED) is 0.387. The molecular weight excluding hydrogens is 396 g/mol. The summed E-state index contributed by atoms with van der Waals surface area (Å²) in [6, 6.07) is 18.5. The number of hydrogen-bond donors (Lipinski definition) is 0. The van der Waals surface area contributed by atoms with Crippen molar-refractivity contribution >= 4 is 17.4 Å². The smallest absolute Gasteiger partial charge is 0.259 e. The summed E-state index contributed by atoms with van der Waals surface area (Å²) in [4.78, 5) is 17.7. The molecule has 0 aliphatic heterocycles. The summed E-state index contributed by atoms with van der Waals surface area (Å²) >= 11 is 6.01. The van der Waals surface area contributed by atoms with E-state index in [1.807, 2.05) is 36.4 Å². The normalized spacial score (nSPS) is 11.0. The topological polar surface area (TPSA) is 63.1 Å². The highest BCUT2D eigenvalue weighted by Crippen LogP contribution is 2.25. The fourth-order valence-corrected chi connectivity index (χ4v) is 3.68. The highest BCUT2D eigenvalue weighted by molar-refractivity contribution is 6.30. The largest absolute Gasteiger partial charge is 0.311 e. The number of unbranched alkanes of at least 4 members (excludes halogenated alkanes) is 2. The Labute approximate surface area is 179 Å². The van der Waals surface area contributed by atoms with Crippen LogP contribution in [0.3, 0.4) is 0 Å². The molecule has 6 heteroatoms. The number of nitrogens with zero attached hydrogens (tertiary/aromatic N) is 4. The molecule has 2 heterocycles. The van der Waals surface area contributed by atoms with E-state index < -0.39 is 0 Å². The first-order valence-electron chi connectivity index (χ1n) is 10.00. The molecule has 0 aliphatic carbocycles. The number of benzene rings is 2. The summed E-state index contributed by atoms with van der Waals surface area (Å²) in [5.41, 5.74) is 3.78. The van der Waals surface area contributed by atoms with Crippen LogP contribution in [0.5, 0.6) is 0 Å². The lowest BCUT2D eigenvalue weighted by molar-refractivity contribution is 0.606. The van der Waals surface area contributed by atoms with Crippen molar-refractivity contribution in [1.82, 2.24) is 14.0 Å². The second-order valence-corrected chi connectivity index (χ2v) is 7.66. The van der Waals surface area contributed by atoms with Crippen LogP contribution in [0.4, 0.5) is 0 Å². The maximum atomic E-state index is 12.9. The molecule has 0 N–H and O–H groups in total. The van der Waals surface area contributed by atoms with Crippen LogP contribution in [-0.4, -0.2) is 14.0 Å². The lowest BCUT2D eigenvalue weighted by Crippen LogP contribution is -2.18. The zero-order chi connectivity index (χ0) is 21.1. The second kappa shape index (κ2) is 8.56. The predicted molar refractivity (Wildman–Crippen MR) is 120 cm³/mol. The second-order valence-electron chi connectivity index (χ2n) is 7.22. The third kappa shape index (κ3) is 3.87. The summed E-state index contributed by atoms with van der Waals surface area (Å²) in [5, 5.41) is 9.74. The Hall–Kier alpha value is -3.36. The molecule has 0 unspecified atom stereocenters. The average Bonchev–Trinajstić information content (AvgIpc) is 3.22. The van der Waals surface area contributed by atoms with Crippen LogP contribution >= 0.6 is 11.6 Å². The monoisotopic (exact) mass is 416 g/mol. The number of fused-ring (bicyclic) bond motifs is 1. The van der Waals surface area contributed by atoms with Gasteiger partial charge in [0.05, 0.1) is 23.0 Å². The van der Waals surface area contributed by atoms with Crippen LogP contribution < -0.4 is 5.56 Å². The molecule has 0 aliphatic rings. The molecule has 0 bridgehead atoms. The Morgan fingerprint density at radius 1 is 1.03 bits per heavy atom. The van der Waals surface area contributed by atoms with Gasteiger partial charge in [-0.3, -0.25) is 9.20 Å². The van der Waals surface area contributed by atoms with Crippen LogP contribution in [0.15, 0.2) is 65.6 Å². The van der Waals surface area contributed by atoms with Gasteiger partial charge in [0.2, 0.25) is 5.78 Å². The van der Waals surface area contributed by atoms with E-state index >= 15 is 0 Å². The summed E-state index contributed by atoms with van der Waals surface area (Å²) in [5.74, 6) is 0.614. The minimum Gasteiger partial charge on any atom is -0.311 e. The van der Waals surface area contributed by atoms with E-state index in [2.05, 4.69) is 17.6 Å². The van der Waals surface area contributed by atoms with Gasteiger partial charge in [-0.2, -0.15) is 5.26 Å². The summed E-state index contributed by atoms with van der Waals surface area (Å²) in [7, 11) is 0. The molecule has 0 saturated carbocycles. The van der Waals surface area contributed by atoms with Crippen LogP contribution in [0.2, 0.25) is 5.02 Å². The SMILES string of the molecule is CCCCCn1c(-c2ccc(C#N)cc2)cc(=O)n2cc(-c3ccc(Cl)cc3)nc12. The summed E-state index contributed by atoms with van der Waals surface area (Å²) < 4.78 is 3.70. The van der Waals surface area contributed by atoms with Crippen molar-refractivity contribution in [3.05, 3.63) is 81.7 Å². The van der Waals surface area contributed by atoms with Gasteiger partial charge >= 0.3 is 0 Å². The van der Waals surface area contributed by atoms with Crippen molar-refractivity contribution in [2.45, 2.75) is 32.7 Å². The Bertz CT molecular complexity index is 1280. The lowest BCUT2D eigenvalue weighted by atomic mass is 10.1. The average molecular weight is 417 g/mol. The molecule has 150 valence electrons. The highest BCUT2D eigenvalue weighted by Gasteiger charge is 2.15. The van der Waals surface area contributed by atoms with E-state index in [9.17, 15) is 4.79 Å². The fourth-order valence-electron chi connectivity index (χ4n) is 3.55. The van der Waals surface area contributed by atoms with Crippen LogP contribution in [-0.2, 0) is 6.54 Å². The standard InChI is InChI=1S/C24H21ClN4O/c1-2-3-4-13-28-22(19-7-5-17(15-26)6-8-19)14-23(30)29-16-21(27-24(28)29)18-9-11-20(25)12-10-18/h5-12,14,16H,2-4,13H2,1H3. The number of rotatable bonds is 6. The van der Waals surface area contributed by atoms with Crippen LogP contribution in [0.1, 0.15) is 31.7 Å². The summed E-state index contributed by atoms with van der Waals surface area (Å²) in [6.45, 7) is 2.92. The van der Waals surface area contributed by atoms with Crippen LogP contribution in [0, 0.1) is 11.3 Å². The predicted octanol–water partition coefficient (Wildman–Crippen LogP) is 5.55. The van der Waals surface area contributed by atoms with Crippen LogP contribution in [0.25, 0.3) is 28.3 Å². The number of hydrogen-bond acceptors (Lipinski definition) is 3. The molecule has 2 aromatic heterocycles. The van der Waals surface area contributed by atoms with Crippen molar-refractivity contribution in [2.75, 3.05) is 0 Å². The van der Waals surface area contributed by atoms with Crippen molar-refractivity contribution in [2.24, 2.45) is 0 Å². The van der Waals surface area contributed by atoms with Gasteiger partial charge < -0.3 is 4.57 Å². The maximum Gasteiger partial charge on any atom is 0.259 e. The molecule has 0 saturated heterocycles. The van der Waals surface area contributed by atoms with Gasteiger partial charge in [-0.25, -0.2) is 4.98 Å². The molecule has 5 nitrogen and oxygen atoms in total. The zero-order valence-electron chi connectivity index (χ0n) is 16.7. The van der Waals surface area contributed by atoms with Gasteiger partial charge in [0.15, 0.2) is 0 Å². The van der Waals surface area contributed by atoms with Gasteiger partial charge in [0.25, 0.3) is 5.56 Å². The molecule has 2 aromatic carbocycles. The van der Waals surface area contributed by atoms with Gasteiger partial charge in [0.1, 0.15) is 0 Å². The molecule has 4 rings (SSSR count). The maximum absolute atomic E-state index is 12.9. The van der Waals surface area contributed by atoms with E-state index in [4.69, 9.17) is 21.8 Å². The number of aromatic nitrogens is 3. The first-order valence-corrected chi connectivity index (χ1v) is 10.4. The lowest BCUT2D eigenvalue weighted by Gasteiger charge is -2.15. The molecule has 4 aromatic rings. The molecule has 0 amide bonds. The molecule has 0 fully saturated rings. The van der Waals surface area contributed by atoms with Crippen molar-refractivity contribution in [3.63, 3.8) is 0 Å². The van der Waals surface area contributed by atoms with Gasteiger partial charge in [-0.1, -0.05) is 55.6 Å². The van der Waals surface area contributed by atoms with E-state index in [1.165, 1.54) is 0 Å². The third-order valence-corrected chi connectivity index (χ3v) is 5.40. The molecular formula is C24H21ClN4O. The minimum absolute atomic E-state index is 0.135. The molecule has 0 radical (unpaired) electrons. The highest BCUT2D eigenvalue weighted by atomic mass is 35.5. The van der Waals surface area contributed by atoms with Gasteiger partial charge in [0, 0.05) is 29.4 Å². The Balaban J connectivity index is 1.90. The van der Waals surface area contributed by atoms with Gasteiger partial charge in [-0.05, 0) is 36.2 Å². The number of nitriles is 1. The number of halogens is 1. The fraction of sp³-hybridized carbons (Fsp3) is 0.208. The number of imidazole rings is 1. The Kier molecular flexibility index (Phi) is 5.69. The minimum atomic E-state index is -0.135. The van der Waals surface area contributed by atoms with Crippen molar-refractivity contribution < 1.29 is 0 Å². The molecule has 0 atom stereocenters. The first kappa shape index (κ1) is 19.9. The van der Waals surface area contributed by atoms with Crippen molar-refractivity contribution in [1.29, 1.82) is 5.26 Å².